The van der Waals surface area contributed by atoms with Gasteiger partial charge in [0.05, 0.1) is 10.5 Å². The molecule has 1 aliphatic rings. The van der Waals surface area contributed by atoms with Gasteiger partial charge in [0, 0.05) is 12.1 Å². The zero-order valence-corrected chi connectivity index (χ0v) is 13.0. The van der Waals surface area contributed by atoms with E-state index in [1.807, 2.05) is 0 Å². The molecule has 0 amide bonds. The fraction of sp³-hybridized carbons (Fsp3) is 0.625. The molecular weight excluding hydrogens is 268 g/mol. The van der Waals surface area contributed by atoms with Crippen LogP contribution in [0.3, 0.4) is 0 Å². The highest BCUT2D eigenvalue weighted by Gasteiger charge is 2.36. The number of nitrogens with zero attached hydrogens (tertiary/aromatic N) is 1. The molecule has 5 heteroatoms. The van der Waals surface area contributed by atoms with Crippen LogP contribution in [0.4, 0.5) is 11.4 Å². The lowest BCUT2D eigenvalue weighted by Crippen LogP contribution is -2.42. The summed E-state index contributed by atoms with van der Waals surface area (Å²) in [4.78, 5) is 10.8. The molecule has 2 rings (SSSR count). The van der Waals surface area contributed by atoms with Crippen molar-refractivity contribution in [3.8, 4) is 0 Å². The predicted octanol–water partition coefficient (Wildman–Crippen LogP) is 3.65. The van der Waals surface area contributed by atoms with E-state index in [1.165, 1.54) is 0 Å². The minimum absolute atomic E-state index is 0.0947. The van der Waals surface area contributed by atoms with E-state index < -0.39 is 5.60 Å². The Balaban J connectivity index is 2.07. The second kappa shape index (κ2) is 5.64. The second-order valence-electron chi connectivity index (χ2n) is 6.97. The van der Waals surface area contributed by atoms with Crippen LogP contribution in [0.15, 0.2) is 18.2 Å². The number of hydrogen-bond donors (Lipinski definition) is 2. The molecule has 1 aromatic rings. The summed E-state index contributed by atoms with van der Waals surface area (Å²) in [6.45, 7) is 6.51. The molecule has 1 aromatic carbocycles. The van der Waals surface area contributed by atoms with Crippen molar-refractivity contribution in [3.63, 3.8) is 0 Å². The fourth-order valence-corrected chi connectivity index (χ4v) is 2.87. The molecule has 0 spiro atoms. The van der Waals surface area contributed by atoms with E-state index >= 15 is 0 Å². The Morgan fingerprint density at radius 1 is 1.29 bits per heavy atom. The summed E-state index contributed by atoms with van der Waals surface area (Å²) in [6, 6.07) is 5.21. The average molecular weight is 292 g/mol. The summed E-state index contributed by atoms with van der Waals surface area (Å²) < 4.78 is 0. The van der Waals surface area contributed by atoms with Crippen molar-refractivity contribution in [3.05, 3.63) is 33.9 Å². The number of nitro benzene ring substituents is 1. The second-order valence-corrected chi connectivity index (χ2v) is 6.97. The first-order chi connectivity index (χ1) is 9.72. The molecule has 5 nitrogen and oxygen atoms in total. The van der Waals surface area contributed by atoms with Gasteiger partial charge in [0.15, 0.2) is 0 Å². The summed E-state index contributed by atoms with van der Waals surface area (Å²) in [5.41, 5.74) is 0.714. The predicted molar refractivity (Wildman–Crippen MR) is 83.5 cm³/mol. The average Bonchev–Trinajstić information content (AvgIpc) is 2.40. The molecule has 21 heavy (non-hydrogen) atoms. The molecule has 0 saturated heterocycles. The van der Waals surface area contributed by atoms with E-state index in [2.05, 4.69) is 19.2 Å². The summed E-state index contributed by atoms with van der Waals surface area (Å²) in [6.07, 6.45) is 3.40. The fourth-order valence-electron chi connectivity index (χ4n) is 2.87. The number of para-hydroxylation sites is 1. The highest BCUT2D eigenvalue weighted by Crippen LogP contribution is 2.40. The zero-order valence-electron chi connectivity index (χ0n) is 13.0. The van der Waals surface area contributed by atoms with Gasteiger partial charge in [0.25, 0.3) is 5.69 Å². The third-order valence-corrected chi connectivity index (χ3v) is 4.56. The maximum atomic E-state index is 11.2. The Kier molecular flexibility index (Phi) is 4.23. The van der Waals surface area contributed by atoms with E-state index in [4.69, 9.17) is 0 Å². The van der Waals surface area contributed by atoms with Crippen LogP contribution in [0.25, 0.3) is 0 Å². The largest absolute Gasteiger partial charge is 0.388 e. The number of aliphatic hydroxyl groups is 1. The first kappa shape index (κ1) is 15.8. The van der Waals surface area contributed by atoms with Crippen molar-refractivity contribution < 1.29 is 10.0 Å². The van der Waals surface area contributed by atoms with E-state index in [0.29, 0.717) is 17.8 Å². The van der Waals surface area contributed by atoms with E-state index in [9.17, 15) is 15.2 Å². The van der Waals surface area contributed by atoms with Gasteiger partial charge in [0.1, 0.15) is 5.69 Å². The number of benzene rings is 1. The van der Waals surface area contributed by atoms with Gasteiger partial charge in [-0.05, 0) is 44.1 Å². The van der Waals surface area contributed by atoms with E-state index in [1.54, 1.807) is 25.1 Å². The number of aryl methyl sites for hydroxylation is 1. The van der Waals surface area contributed by atoms with Crippen molar-refractivity contribution >= 4 is 11.4 Å². The first-order valence-corrected chi connectivity index (χ1v) is 7.43. The molecule has 1 saturated carbocycles. The van der Waals surface area contributed by atoms with E-state index in [-0.39, 0.29) is 16.0 Å². The van der Waals surface area contributed by atoms with Gasteiger partial charge in [-0.15, -0.1) is 0 Å². The molecule has 0 atom stereocenters. The van der Waals surface area contributed by atoms with Crippen molar-refractivity contribution in [2.75, 3.05) is 11.9 Å². The maximum absolute atomic E-state index is 11.2. The number of rotatable bonds is 4. The molecule has 2 N–H and O–H groups in total. The molecule has 116 valence electrons. The SMILES string of the molecule is Cc1cccc(NCC2(O)CCC(C)(C)CC2)c1[N+](=O)[O-]. The van der Waals surface area contributed by atoms with Gasteiger partial charge in [-0.1, -0.05) is 26.0 Å². The van der Waals surface area contributed by atoms with Gasteiger partial charge >= 0.3 is 0 Å². The number of nitro groups is 1. The number of anilines is 1. The Morgan fingerprint density at radius 3 is 2.48 bits per heavy atom. The van der Waals surface area contributed by atoms with Gasteiger partial charge in [-0.2, -0.15) is 0 Å². The normalized spacial score (nSPS) is 20.0. The van der Waals surface area contributed by atoms with Crippen LogP contribution in [0.5, 0.6) is 0 Å². The smallest absolute Gasteiger partial charge is 0.295 e. The molecule has 0 radical (unpaired) electrons. The number of nitrogens with one attached hydrogen (secondary N) is 1. The quantitative estimate of drug-likeness (QED) is 0.656. The maximum Gasteiger partial charge on any atom is 0.295 e. The van der Waals surface area contributed by atoms with Gasteiger partial charge < -0.3 is 10.4 Å². The Morgan fingerprint density at radius 2 is 1.90 bits per heavy atom. The minimum atomic E-state index is -0.771. The molecule has 0 bridgehead atoms. The van der Waals surface area contributed by atoms with E-state index in [0.717, 1.165) is 25.7 Å². The Hall–Kier alpha value is -1.62. The van der Waals surface area contributed by atoms with Crippen molar-refractivity contribution in [2.24, 2.45) is 5.41 Å². The topological polar surface area (TPSA) is 75.4 Å². The van der Waals surface area contributed by atoms with Crippen molar-refractivity contribution in [2.45, 2.75) is 52.1 Å². The van der Waals surface area contributed by atoms with Gasteiger partial charge in [-0.3, -0.25) is 10.1 Å². The summed E-state index contributed by atoms with van der Waals surface area (Å²) in [5.74, 6) is 0. The summed E-state index contributed by atoms with van der Waals surface area (Å²) >= 11 is 0. The van der Waals surface area contributed by atoms with Crippen LogP contribution < -0.4 is 5.32 Å². The van der Waals surface area contributed by atoms with Crippen LogP contribution in [-0.4, -0.2) is 22.2 Å². The standard InChI is InChI=1S/C16H24N2O3/c1-12-5-4-6-13(14(12)18(20)21)17-11-16(19)9-7-15(2,3)8-10-16/h4-6,17,19H,7-11H2,1-3H3. The third-order valence-electron chi connectivity index (χ3n) is 4.56. The molecule has 0 unspecified atom stereocenters. The van der Waals surface area contributed by atoms with Crippen LogP contribution in [0.1, 0.15) is 45.1 Å². The molecule has 1 aliphatic carbocycles. The molecule has 0 aliphatic heterocycles. The van der Waals surface area contributed by atoms with Crippen molar-refractivity contribution in [1.82, 2.24) is 0 Å². The van der Waals surface area contributed by atoms with Crippen LogP contribution in [0.2, 0.25) is 0 Å². The van der Waals surface area contributed by atoms with Crippen LogP contribution in [-0.2, 0) is 0 Å². The number of hydrogen-bond acceptors (Lipinski definition) is 4. The lowest BCUT2D eigenvalue weighted by molar-refractivity contribution is -0.384. The summed E-state index contributed by atoms with van der Waals surface area (Å²) in [7, 11) is 0. The lowest BCUT2D eigenvalue weighted by atomic mass is 9.71. The van der Waals surface area contributed by atoms with Crippen LogP contribution >= 0.6 is 0 Å². The van der Waals surface area contributed by atoms with Crippen LogP contribution in [0, 0.1) is 22.5 Å². The third kappa shape index (κ3) is 3.73. The summed E-state index contributed by atoms with van der Waals surface area (Å²) in [5, 5.41) is 24.9. The highest BCUT2D eigenvalue weighted by molar-refractivity contribution is 5.65. The minimum Gasteiger partial charge on any atom is -0.388 e. The molecule has 1 fully saturated rings. The zero-order chi connectivity index (χ0) is 15.7. The monoisotopic (exact) mass is 292 g/mol. The lowest BCUT2D eigenvalue weighted by Gasteiger charge is -2.40. The molecular formula is C16H24N2O3. The van der Waals surface area contributed by atoms with Crippen molar-refractivity contribution in [1.29, 1.82) is 0 Å². The molecule has 0 aromatic heterocycles. The van der Waals surface area contributed by atoms with Gasteiger partial charge in [0.2, 0.25) is 0 Å². The first-order valence-electron chi connectivity index (χ1n) is 7.43. The Bertz CT molecular complexity index is 530. The highest BCUT2D eigenvalue weighted by atomic mass is 16.6. The van der Waals surface area contributed by atoms with Gasteiger partial charge in [-0.25, -0.2) is 0 Å². The molecule has 0 heterocycles. The Labute approximate surface area is 125 Å².